The van der Waals surface area contributed by atoms with Gasteiger partial charge in [0.05, 0.1) is 6.61 Å². The van der Waals surface area contributed by atoms with Crippen LogP contribution in [-0.4, -0.2) is 37.9 Å². The molecule has 0 fully saturated rings. The first kappa shape index (κ1) is 54.8. The minimum atomic E-state index is -0.573. The molecule has 0 rings (SSSR count). The molecule has 5 heteroatoms. The summed E-state index contributed by atoms with van der Waals surface area (Å²) in [6.45, 7) is 7.47. The van der Waals surface area contributed by atoms with Gasteiger partial charge in [-0.1, -0.05) is 169 Å². The standard InChI is InChI=1S/C53H88O5/c1-4-7-10-13-16-19-22-25-26-27-30-33-36-39-42-45-48-56-49-51(58-53(55)47-44-41-38-35-32-29-24-21-18-15-12-9-6-3)50-57-52(54)46-43-40-37-34-31-28-23-20-17-14-11-8-5-2/h8-9,11-12,16-21,25-26,28-29,31-32,51H,4-7,10,13-15,22-24,27,30,33-50H2,1-3H3/b11-8-,12-9-,19-16-,20-17-,21-18-,26-25-,31-28-,32-29-. The number of carbonyl (C=O) groups excluding carboxylic acids is 2. The highest BCUT2D eigenvalue weighted by atomic mass is 16.6. The van der Waals surface area contributed by atoms with E-state index in [0.717, 1.165) is 109 Å². The van der Waals surface area contributed by atoms with Gasteiger partial charge >= 0.3 is 11.9 Å². The molecule has 0 aromatic carbocycles. The lowest BCUT2D eigenvalue weighted by molar-refractivity contribution is -0.163. The fourth-order valence-electron chi connectivity index (χ4n) is 6.10. The van der Waals surface area contributed by atoms with Gasteiger partial charge in [0.2, 0.25) is 0 Å². The van der Waals surface area contributed by atoms with E-state index in [1.807, 2.05) is 0 Å². The summed E-state index contributed by atoms with van der Waals surface area (Å²) < 4.78 is 17.3. The van der Waals surface area contributed by atoms with E-state index in [0.29, 0.717) is 19.4 Å². The van der Waals surface area contributed by atoms with Crippen molar-refractivity contribution in [2.45, 2.75) is 207 Å². The number of esters is 2. The Balaban J connectivity index is 4.39. The average molecular weight is 805 g/mol. The van der Waals surface area contributed by atoms with E-state index in [2.05, 4.69) is 118 Å². The van der Waals surface area contributed by atoms with Gasteiger partial charge in [-0.3, -0.25) is 9.59 Å². The van der Waals surface area contributed by atoms with Crippen LogP contribution in [0.4, 0.5) is 0 Å². The summed E-state index contributed by atoms with van der Waals surface area (Å²) in [7, 11) is 0. The van der Waals surface area contributed by atoms with Crippen LogP contribution in [0.3, 0.4) is 0 Å². The quantitative estimate of drug-likeness (QED) is 0.0349. The van der Waals surface area contributed by atoms with Crippen LogP contribution < -0.4 is 0 Å². The van der Waals surface area contributed by atoms with Crippen LogP contribution in [0.5, 0.6) is 0 Å². The molecule has 0 amide bonds. The number of hydrogen-bond acceptors (Lipinski definition) is 5. The molecule has 330 valence electrons. The highest BCUT2D eigenvalue weighted by Gasteiger charge is 2.17. The van der Waals surface area contributed by atoms with Gasteiger partial charge in [0.15, 0.2) is 6.10 Å². The molecular formula is C53H88O5. The van der Waals surface area contributed by atoms with Crippen LogP contribution in [0.25, 0.3) is 0 Å². The Bertz CT molecular complexity index is 1140. The number of hydrogen-bond donors (Lipinski definition) is 0. The van der Waals surface area contributed by atoms with Crippen molar-refractivity contribution in [1.82, 2.24) is 0 Å². The summed E-state index contributed by atoms with van der Waals surface area (Å²) in [5, 5.41) is 0. The first-order valence-corrected chi connectivity index (χ1v) is 23.8. The van der Waals surface area contributed by atoms with E-state index in [4.69, 9.17) is 14.2 Å². The number of rotatable bonds is 42. The van der Waals surface area contributed by atoms with E-state index in [1.54, 1.807) is 0 Å². The second-order valence-corrected chi connectivity index (χ2v) is 15.2. The van der Waals surface area contributed by atoms with E-state index in [9.17, 15) is 9.59 Å². The maximum atomic E-state index is 12.7. The zero-order valence-electron chi connectivity index (χ0n) is 37.8. The van der Waals surface area contributed by atoms with Crippen molar-refractivity contribution in [1.29, 1.82) is 0 Å². The highest BCUT2D eigenvalue weighted by molar-refractivity contribution is 5.70. The molecule has 0 aliphatic rings. The summed E-state index contributed by atoms with van der Waals surface area (Å²) >= 11 is 0. The molecule has 0 aromatic rings. The molecule has 0 bridgehead atoms. The topological polar surface area (TPSA) is 61.8 Å². The van der Waals surface area contributed by atoms with Crippen molar-refractivity contribution in [2.24, 2.45) is 0 Å². The molecule has 1 atom stereocenters. The van der Waals surface area contributed by atoms with Gasteiger partial charge in [0, 0.05) is 19.4 Å². The molecule has 0 aliphatic carbocycles. The Labute approximate surface area is 358 Å². The lowest BCUT2D eigenvalue weighted by Gasteiger charge is -2.18. The average Bonchev–Trinajstić information content (AvgIpc) is 3.22. The maximum absolute atomic E-state index is 12.7. The largest absolute Gasteiger partial charge is 0.462 e. The first-order valence-electron chi connectivity index (χ1n) is 23.8. The van der Waals surface area contributed by atoms with Crippen LogP contribution in [-0.2, 0) is 23.8 Å². The smallest absolute Gasteiger partial charge is 0.306 e. The Morgan fingerprint density at radius 1 is 0.397 bits per heavy atom. The lowest BCUT2D eigenvalue weighted by atomic mass is 10.1. The zero-order chi connectivity index (χ0) is 42.1. The monoisotopic (exact) mass is 805 g/mol. The van der Waals surface area contributed by atoms with E-state index < -0.39 is 6.10 Å². The van der Waals surface area contributed by atoms with Crippen LogP contribution in [0, 0.1) is 0 Å². The summed E-state index contributed by atoms with van der Waals surface area (Å²) in [5.41, 5.74) is 0. The van der Waals surface area contributed by atoms with Crippen molar-refractivity contribution in [2.75, 3.05) is 19.8 Å². The Hall–Kier alpha value is -3.18. The summed E-state index contributed by atoms with van der Waals surface area (Å²) in [6, 6.07) is 0. The number of allylic oxidation sites excluding steroid dienone is 16. The van der Waals surface area contributed by atoms with Crippen molar-refractivity contribution in [3.05, 3.63) is 97.2 Å². The first-order chi connectivity index (χ1) is 28.6. The van der Waals surface area contributed by atoms with Crippen molar-refractivity contribution < 1.29 is 23.8 Å². The molecule has 0 spiro atoms. The third kappa shape index (κ3) is 45.5. The number of unbranched alkanes of at least 4 members (excludes halogenated alkanes) is 15. The Morgan fingerprint density at radius 2 is 0.776 bits per heavy atom. The lowest BCUT2D eigenvalue weighted by Crippen LogP contribution is -2.30. The predicted molar refractivity (Wildman–Crippen MR) is 251 cm³/mol. The van der Waals surface area contributed by atoms with Crippen LogP contribution >= 0.6 is 0 Å². The Kier molecular flexibility index (Phi) is 45.5. The molecule has 0 saturated carbocycles. The molecule has 0 aliphatic heterocycles. The second kappa shape index (κ2) is 48.2. The van der Waals surface area contributed by atoms with Gasteiger partial charge in [-0.15, -0.1) is 0 Å². The summed E-state index contributed by atoms with van der Waals surface area (Å²) in [6.07, 6.45) is 64.1. The molecule has 1 unspecified atom stereocenters. The molecule has 58 heavy (non-hydrogen) atoms. The predicted octanol–water partition coefficient (Wildman–Crippen LogP) is 15.9. The van der Waals surface area contributed by atoms with Crippen molar-refractivity contribution in [3.63, 3.8) is 0 Å². The van der Waals surface area contributed by atoms with E-state index in [-0.39, 0.29) is 25.2 Å². The van der Waals surface area contributed by atoms with Crippen LogP contribution in [0.2, 0.25) is 0 Å². The van der Waals surface area contributed by atoms with Gasteiger partial charge in [-0.2, -0.15) is 0 Å². The zero-order valence-corrected chi connectivity index (χ0v) is 37.8. The Morgan fingerprint density at radius 3 is 1.24 bits per heavy atom. The number of ether oxygens (including phenoxy) is 3. The molecule has 0 heterocycles. The molecule has 0 radical (unpaired) electrons. The minimum absolute atomic E-state index is 0.0485. The maximum Gasteiger partial charge on any atom is 0.306 e. The third-order valence-electron chi connectivity index (χ3n) is 9.58. The summed E-state index contributed by atoms with van der Waals surface area (Å²) in [5.74, 6) is -0.478. The van der Waals surface area contributed by atoms with E-state index >= 15 is 0 Å². The minimum Gasteiger partial charge on any atom is -0.462 e. The van der Waals surface area contributed by atoms with E-state index in [1.165, 1.54) is 57.8 Å². The summed E-state index contributed by atoms with van der Waals surface area (Å²) in [4.78, 5) is 25.3. The van der Waals surface area contributed by atoms with Crippen molar-refractivity contribution in [3.8, 4) is 0 Å². The van der Waals surface area contributed by atoms with Gasteiger partial charge in [0.1, 0.15) is 6.61 Å². The molecule has 0 N–H and O–H groups in total. The van der Waals surface area contributed by atoms with Crippen molar-refractivity contribution >= 4 is 11.9 Å². The van der Waals surface area contributed by atoms with Gasteiger partial charge in [0.25, 0.3) is 0 Å². The second-order valence-electron chi connectivity index (χ2n) is 15.2. The third-order valence-corrected chi connectivity index (χ3v) is 9.58. The molecule has 5 nitrogen and oxygen atoms in total. The molecule has 0 aromatic heterocycles. The van der Waals surface area contributed by atoms with Crippen LogP contribution in [0.1, 0.15) is 201 Å². The van der Waals surface area contributed by atoms with Gasteiger partial charge < -0.3 is 14.2 Å². The normalized spacial score (nSPS) is 13.1. The number of carbonyl (C=O) groups is 2. The van der Waals surface area contributed by atoms with Gasteiger partial charge in [-0.25, -0.2) is 0 Å². The molecular weight excluding hydrogens is 717 g/mol. The highest BCUT2D eigenvalue weighted by Crippen LogP contribution is 2.11. The SMILES string of the molecule is CC/C=C\C/C=C\C/C=C\CCCCCC(=O)OCC(COCCCCCCCC/C=C\C/C=C\CCCCC)OC(=O)CCCCC/C=C\C/C=C\C/C=C\CC. The fourth-order valence-corrected chi connectivity index (χ4v) is 6.10. The van der Waals surface area contributed by atoms with Gasteiger partial charge in [-0.05, 0) is 116 Å². The fraction of sp³-hybridized carbons (Fsp3) is 0.660. The van der Waals surface area contributed by atoms with Crippen LogP contribution in [0.15, 0.2) is 97.2 Å². The molecule has 0 saturated heterocycles.